The third-order valence-electron chi connectivity index (χ3n) is 2.61. The van der Waals surface area contributed by atoms with E-state index in [2.05, 4.69) is 11.2 Å². The van der Waals surface area contributed by atoms with Gasteiger partial charge in [0.25, 0.3) is 0 Å². The maximum absolute atomic E-state index is 8.90. The molecule has 0 aliphatic carbocycles. The van der Waals surface area contributed by atoms with Crippen molar-refractivity contribution in [2.24, 2.45) is 0 Å². The second-order valence-electron chi connectivity index (χ2n) is 3.43. The van der Waals surface area contributed by atoms with Crippen LogP contribution in [0.1, 0.15) is 24.4 Å². The van der Waals surface area contributed by atoms with E-state index >= 15 is 0 Å². The van der Waals surface area contributed by atoms with E-state index in [0.717, 1.165) is 24.9 Å². The molecule has 1 aromatic rings. The van der Waals surface area contributed by atoms with Crippen molar-refractivity contribution in [2.75, 3.05) is 12.3 Å². The smallest absolute Gasteiger partial charge is 0.179 e. The molecule has 72 valence electrons. The van der Waals surface area contributed by atoms with Gasteiger partial charge in [0.1, 0.15) is 5.82 Å². The number of nitrogen functional groups attached to an aromatic ring is 1. The predicted octanol–water partition coefficient (Wildman–Crippen LogP) is 1.28. The fraction of sp³-hybridized carbons (Fsp3) is 0.400. The number of anilines is 1. The number of pyridine rings is 1. The van der Waals surface area contributed by atoms with E-state index in [-0.39, 0.29) is 6.04 Å². The SMILES string of the molecule is N#CN1CCC[C@H]1c1cccnc1N. The van der Waals surface area contributed by atoms with Gasteiger partial charge in [0.15, 0.2) is 6.19 Å². The van der Waals surface area contributed by atoms with Crippen molar-refractivity contribution in [3.8, 4) is 6.19 Å². The number of aromatic nitrogens is 1. The van der Waals surface area contributed by atoms with Crippen LogP contribution in [0.5, 0.6) is 0 Å². The summed E-state index contributed by atoms with van der Waals surface area (Å²) in [5.74, 6) is 0.541. The predicted molar refractivity (Wildman–Crippen MR) is 52.9 cm³/mol. The van der Waals surface area contributed by atoms with Crippen LogP contribution in [0, 0.1) is 11.5 Å². The molecule has 4 heteroatoms. The Morgan fingerprint density at radius 2 is 2.50 bits per heavy atom. The van der Waals surface area contributed by atoms with Gasteiger partial charge in [-0.25, -0.2) is 4.98 Å². The molecule has 2 N–H and O–H groups in total. The lowest BCUT2D eigenvalue weighted by atomic mass is 10.1. The first-order chi connectivity index (χ1) is 6.83. The van der Waals surface area contributed by atoms with Crippen molar-refractivity contribution in [2.45, 2.75) is 18.9 Å². The molecule has 0 saturated carbocycles. The van der Waals surface area contributed by atoms with E-state index in [0.29, 0.717) is 5.82 Å². The van der Waals surface area contributed by atoms with Gasteiger partial charge in [-0.2, -0.15) is 5.26 Å². The normalized spacial score (nSPS) is 20.8. The van der Waals surface area contributed by atoms with E-state index in [4.69, 9.17) is 11.0 Å². The van der Waals surface area contributed by atoms with Crippen LogP contribution in [0.2, 0.25) is 0 Å². The molecule has 0 bridgehead atoms. The molecule has 2 heterocycles. The zero-order valence-electron chi connectivity index (χ0n) is 7.85. The van der Waals surface area contributed by atoms with Gasteiger partial charge >= 0.3 is 0 Å². The summed E-state index contributed by atoms with van der Waals surface area (Å²) in [7, 11) is 0. The molecule has 1 aliphatic heterocycles. The molecule has 0 unspecified atom stereocenters. The number of likely N-dealkylation sites (tertiary alicyclic amines) is 1. The third-order valence-corrected chi connectivity index (χ3v) is 2.61. The summed E-state index contributed by atoms with van der Waals surface area (Å²) in [6, 6.07) is 3.94. The maximum atomic E-state index is 8.90. The minimum absolute atomic E-state index is 0.133. The quantitative estimate of drug-likeness (QED) is 0.674. The summed E-state index contributed by atoms with van der Waals surface area (Å²) in [6.07, 6.45) is 5.90. The van der Waals surface area contributed by atoms with Crippen molar-refractivity contribution < 1.29 is 0 Å². The Bertz CT molecular complexity index is 369. The van der Waals surface area contributed by atoms with E-state index in [1.807, 2.05) is 12.1 Å². The van der Waals surface area contributed by atoms with Gasteiger partial charge in [-0.1, -0.05) is 6.07 Å². The summed E-state index contributed by atoms with van der Waals surface area (Å²) in [6.45, 7) is 0.829. The highest BCUT2D eigenvalue weighted by molar-refractivity contribution is 5.41. The van der Waals surface area contributed by atoms with Crippen LogP contribution in [-0.2, 0) is 0 Å². The second-order valence-corrected chi connectivity index (χ2v) is 3.43. The molecule has 0 spiro atoms. The van der Waals surface area contributed by atoms with E-state index in [1.165, 1.54) is 0 Å². The Morgan fingerprint density at radius 3 is 3.21 bits per heavy atom. The van der Waals surface area contributed by atoms with Crippen LogP contribution in [0.25, 0.3) is 0 Å². The topological polar surface area (TPSA) is 65.9 Å². The number of rotatable bonds is 1. The number of nitrogens with two attached hydrogens (primary N) is 1. The molecule has 14 heavy (non-hydrogen) atoms. The molecular weight excluding hydrogens is 176 g/mol. The van der Waals surface area contributed by atoms with Crippen LogP contribution < -0.4 is 5.73 Å². The average Bonchev–Trinajstić information content (AvgIpc) is 2.66. The minimum atomic E-state index is 0.133. The van der Waals surface area contributed by atoms with E-state index < -0.39 is 0 Å². The van der Waals surface area contributed by atoms with Gasteiger partial charge in [0.05, 0.1) is 6.04 Å². The molecule has 1 atom stereocenters. The van der Waals surface area contributed by atoms with Crippen molar-refractivity contribution in [1.29, 1.82) is 5.26 Å². The molecule has 1 fully saturated rings. The summed E-state index contributed by atoms with van der Waals surface area (Å²) in [5.41, 5.74) is 6.75. The van der Waals surface area contributed by atoms with Crippen molar-refractivity contribution in [1.82, 2.24) is 9.88 Å². The highest BCUT2D eigenvalue weighted by Gasteiger charge is 2.26. The van der Waals surface area contributed by atoms with Gasteiger partial charge in [-0.3, -0.25) is 0 Å². The lowest BCUT2D eigenvalue weighted by Crippen LogP contribution is -2.18. The Hall–Kier alpha value is -1.76. The first-order valence-corrected chi connectivity index (χ1v) is 4.69. The Labute approximate surface area is 83.0 Å². The van der Waals surface area contributed by atoms with Gasteiger partial charge in [-0.15, -0.1) is 0 Å². The Balaban J connectivity index is 2.31. The zero-order chi connectivity index (χ0) is 9.97. The fourth-order valence-electron chi connectivity index (χ4n) is 1.92. The average molecular weight is 188 g/mol. The monoisotopic (exact) mass is 188 g/mol. The molecule has 0 radical (unpaired) electrons. The molecule has 0 amide bonds. The fourth-order valence-corrected chi connectivity index (χ4v) is 1.92. The van der Waals surface area contributed by atoms with Crippen LogP contribution in [0.3, 0.4) is 0 Å². The number of hydrogen-bond acceptors (Lipinski definition) is 4. The van der Waals surface area contributed by atoms with Crippen molar-refractivity contribution in [3.63, 3.8) is 0 Å². The van der Waals surface area contributed by atoms with Crippen LogP contribution in [0.4, 0.5) is 5.82 Å². The zero-order valence-corrected chi connectivity index (χ0v) is 7.85. The van der Waals surface area contributed by atoms with Crippen molar-refractivity contribution in [3.05, 3.63) is 23.9 Å². The van der Waals surface area contributed by atoms with Gasteiger partial charge in [-0.05, 0) is 18.9 Å². The van der Waals surface area contributed by atoms with Crippen LogP contribution in [0.15, 0.2) is 18.3 Å². The highest BCUT2D eigenvalue weighted by Crippen LogP contribution is 2.33. The standard InChI is InChI=1S/C10H12N4/c11-7-14-6-2-4-9(14)8-3-1-5-13-10(8)12/h1,3,5,9H,2,4,6H2,(H2,12,13)/t9-/m0/s1. The number of nitriles is 1. The Morgan fingerprint density at radius 1 is 1.64 bits per heavy atom. The van der Waals surface area contributed by atoms with Gasteiger partial charge < -0.3 is 10.6 Å². The minimum Gasteiger partial charge on any atom is -0.383 e. The summed E-state index contributed by atoms with van der Waals surface area (Å²) < 4.78 is 0. The molecule has 2 rings (SSSR count). The molecule has 1 saturated heterocycles. The largest absolute Gasteiger partial charge is 0.383 e. The second kappa shape index (κ2) is 3.54. The Kier molecular flexibility index (Phi) is 2.23. The molecule has 1 aliphatic rings. The first kappa shape index (κ1) is 8.82. The van der Waals surface area contributed by atoms with Crippen molar-refractivity contribution >= 4 is 5.82 Å². The lowest BCUT2D eigenvalue weighted by molar-refractivity contribution is 0.374. The number of nitrogens with zero attached hydrogens (tertiary/aromatic N) is 3. The van der Waals surface area contributed by atoms with E-state index in [1.54, 1.807) is 11.1 Å². The van der Waals surface area contributed by atoms with Crippen LogP contribution >= 0.6 is 0 Å². The maximum Gasteiger partial charge on any atom is 0.179 e. The van der Waals surface area contributed by atoms with Crippen LogP contribution in [-0.4, -0.2) is 16.4 Å². The molecular formula is C10H12N4. The van der Waals surface area contributed by atoms with E-state index in [9.17, 15) is 0 Å². The van der Waals surface area contributed by atoms with Gasteiger partial charge in [0, 0.05) is 18.3 Å². The first-order valence-electron chi connectivity index (χ1n) is 4.69. The summed E-state index contributed by atoms with van der Waals surface area (Å²) in [4.78, 5) is 5.81. The molecule has 0 aromatic carbocycles. The lowest BCUT2D eigenvalue weighted by Gasteiger charge is -2.19. The summed E-state index contributed by atoms with van der Waals surface area (Å²) >= 11 is 0. The van der Waals surface area contributed by atoms with Gasteiger partial charge in [0.2, 0.25) is 0 Å². The molecule has 1 aromatic heterocycles. The number of hydrogen-bond donors (Lipinski definition) is 1. The highest BCUT2D eigenvalue weighted by atomic mass is 15.2. The molecule has 4 nitrogen and oxygen atoms in total. The summed E-state index contributed by atoms with van der Waals surface area (Å²) in [5, 5.41) is 8.90. The third kappa shape index (κ3) is 1.37.